The van der Waals surface area contributed by atoms with E-state index in [1.165, 1.54) is 44.7 Å². The normalized spacial score (nSPS) is 29.1. The molecule has 0 N–H and O–H groups in total. The second kappa shape index (κ2) is 7.78. The Morgan fingerprint density at radius 1 is 1.15 bits per heavy atom. The molecule has 2 amide bonds. The smallest absolute Gasteiger partial charge is 0.320 e. The predicted molar refractivity (Wildman–Crippen MR) is 105 cm³/mol. The molecule has 1 saturated carbocycles. The quantitative estimate of drug-likeness (QED) is 0.801. The van der Waals surface area contributed by atoms with Gasteiger partial charge in [0.05, 0.1) is 6.04 Å². The van der Waals surface area contributed by atoms with E-state index in [0.717, 1.165) is 31.1 Å². The summed E-state index contributed by atoms with van der Waals surface area (Å²) in [5, 5.41) is 0. The number of benzene rings is 1. The van der Waals surface area contributed by atoms with E-state index in [1.54, 1.807) is 31.1 Å². The van der Waals surface area contributed by atoms with Crippen LogP contribution in [0.2, 0.25) is 0 Å². The third-order valence-electron chi connectivity index (χ3n) is 6.80. The first kappa shape index (κ1) is 18.7. The molecule has 3 fully saturated rings. The molecule has 2 aliphatic heterocycles. The van der Waals surface area contributed by atoms with Crippen LogP contribution in [0.5, 0.6) is 0 Å². The first-order valence-corrected chi connectivity index (χ1v) is 10.5. The number of amides is 2. The molecule has 3 atom stereocenters. The molecule has 4 rings (SSSR count). The summed E-state index contributed by atoms with van der Waals surface area (Å²) in [7, 11) is 3.60. The van der Waals surface area contributed by atoms with Crippen LogP contribution in [0.25, 0.3) is 0 Å². The van der Waals surface area contributed by atoms with Gasteiger partial charge in [-0.1, -0.05) is 31.4 Å². The van der Waals surface area contributed by atoms with E-state index < -0.39 is 0 Å². The molecule has 0 aromatic heterocycles. The van der Waals surface area contributed by atoms with Crippen molar-refractivity contribution in [1.82, 2.24) is 14.7 Å². The molecular weight excluding hydrogens is 341 g/mol. The molecule has 4 nitrogen and oxygen atoms in total. The summed E-state index contributed by atoms with van der Waals surface area (Å²) >= 11 is 0. The Balaban J connectivity index is 1.52. The first-order chi connectivity index (χ1) is 13.0. The molecule has 0 bridgehead atoms. The van der Waals surface area contributed by atoms with Crippen LogP contribution in [0.1, 0.15) is 43.7 Å². The van der Waals surface area contributed by atoms with Crippen LogP contribution in [0, 0.1) is 23.6 Å². The van der Waals surface area contributed by atoms with Crippen molar-refractivity contribution in [3.8, 4) is 0 Å². The van der Waals surface area contributed by atoms with Crippen LogP contribution >= 0.6 is 0 Å². The lowest BCUT2D eigenvalue weighted by Gasteiger charge is -2.33. The predicted octanol–water partition coefficient (Wildman–Crippen LogP) is 3.99. The van der Waals surface area contributed by atoms with E-state index in [9.17, 15) is 9.18 Å². The standard InChI is InChI=1S/C22H32FN3O/c1-24(2)22(27)26-14-18-13-25(12-16-7-4-3-5-8-16)15-20(18)21(26)17-9-6-10-19(23)11-17/h6,9-11,16,18,20-21H,3-5,7-8,12-15H2,1-2H3/t18-,20-,21+/m1/s1. The molecule has 2 saturated heterocycles. The van der Waals surface area contributed by atoms with Crippen molar-refractivity contribution >= 4 is 6.03 Å². The third kappa shape index (κ3) is 3.84. The maximum absolute atomic E-state index is 13.9. The van der Waals surface area contributed by atoms with Crippen molar-refractivity contribution in [2.75, 3.05) is 40.3 Å². The minimum Gasteiger partial charge on any atom is -0.331 e. The van der Waals surface area contributed by atoms with Crippen LogP contribution in [0.3, 0.4) is 0 Å². The lowest BCUT2D eigenvalue weighted by Crippen LogP contribution is -2.41. The van der Waals surface area contributed by atoms with E-state index in [-0.39, 0.29) is 17.9 Å². The molecule has 1 aromatic carbocycles. The molecule has 0 spiro atoms. The summed E-state index contributed by atoms with van der Waals surface area (Å²) in [4.78, 5) is 19.0. The zero-order chi connectivity index (χ0) is 19.0. The van der Waals surface area contributed by atoms with Crippen LogP contribution in [0.4, 0.5) is 9.18 Å². The third-order valence-corrected chi connectivity index (χ3v) is 6.80. The fraction of sp³-hybridized carbons (Fsp3) is 0.682. The van der Waals surface area contributed by atoms with Gasteiger partial charge in [0.15, 0.2) is 0 Å². The second-order valence-electron chi connectivity index (χ2n) is 8.98. The van der Waals surface area contributed by atoms with Gasteiger partial charge in [-0.3, -0.25) is 0 Å². The van der Waals surface area contributed by atoms with E-state index in [2.05, 4.69) is 4.90 Å². The van der Waals surface area contributed by atoms with Crippen LogP contribution in [-0.4, -0.2) is 61.0 Å². The van der Waals surface area contributed by atoms with Gasteiger partial charge >= 0.3 is 6.03 Å². The zero-order valence-corrected chi connectivity index (χ0v) is 16.6. The lowest BCUT2D eigenvalue weighted by molar-refractivity contribution is 0.147. The first-order valence-electron chi connectivity index (χ1n) is 10.5. The molecular formula is C22H32FN3O. The van der Waals surface area contributed by atoms with Gasteiger partial charge < -0.3 is 14.7 Å². The number of halogens is 1. The Hall–Kier alpha value is -1.62. The number of hydrogen-bond acceptors (Lipinski definition) is 2. The Morgan fingerprint density at radius 3 is 2.63 bits per heavy atom. The van der Waals surface area contributed by atoms with Crippen molar-refractivity contribution in [3.63, 3.8) is 0 Å². The maximum Gasteiger partial charge on any atom is 0.320 e. The molecule has 2 heterocycles. The second-order valence-corrected chi connectivity index (χ2v) is 8.98. The van der Waals surface area contributed by atoms with E-state index in [4.69, 9.17) is 0 Å². The summed E-state index contributed by atoms with van der Waals surface area (Å²) in [5.74, 6) is 1.51. The van der Waals surface area contributed by atoms with Crippen LogP contribution < -0.4 is 0 Å². The van der Waals surface area contributed by atoms with Crippen molar-refractivity contribution < 1.29 is 9.18 Å². The number of carbonyl (C=O) groups is 1. The van der Waals surface area contributed by atoms with Crippen molar-refractivity contribution in [3.05, 3.63) is 35.6 Å². The summed E-state index contributed by atoms with van der Waals surface area (Å²) in [6.45, 7) is 4.08. The van der Waals surface area contributed by atoms with Crippen LogP contribution in [0.15, 0.2) is 24.3 Å². The maximum atomic E-state index is 13.9. The fourth-order valence-electron chi connectivity index (χ4n) is 5.59. The van der Waals surface area contributed by atoms with Crippen molar-refractivity contribution in [2.24, 2.45) is 17.8 Å². The van der Waals surface area contributed by atoms with Gasteiger partial charge in [0.2, 0.25) is 0 Å². The molecule has 27 heavy (non-hydrogen) atoms. The summed E-state index contributed by atoms with van der Waals surface area (Å²) in [5.41, 5.74) is 0.942. The number of fused-ring (bicyclic) bond motifs is 1. The van der Waals surface area contributed by atoms with Gasteiger partial charge in [-0.15, -0.1) is 0 Å². The monoisotopic (exact) mass is 373 g/mol. The number of hydrogen-bond donors (Lipinski definition) is 0. The minimum atomic E-state index is -0.217. The van der Waals surface area contributed by atoms with Gasteiger partial charge in [-0.05, 0) is 42.4 Å². The highest BCUT2D eigenvalue weighted by Gasteiger charge is 2.49. The average molecular weight is 374 g/mol. The summed E-state index contributed by atoms with van der Waals surface area (Å²) in [6.07, 6.45) is 6.88. The van der Waals surface area contributed by atoms with E-state index in [1.807, 2.05) is 11.0 Å². The highest BCUT2D eigenvalue weighted by Crippen LogP contribution is 2.45. The molecule has 5 heteroatoms. The fourth-order valence-corrected chi connectivity index (χ4v) is 5.59. The van der Waals surface area contributed by atoms with E-state index >= 15 is 0 Å². The highest BCUT2D eigenvalue weighted by atomic mass is 19.1. The number of likely N-dealkylation sites (tertiary alicyclic amines) is 2. The molecule has 0 unspecified atom stereocenters. The Kier molecular flexibility index (Phi) is 5.40. The number of carbonyl (C=O) groups excluding carboxylic acids is 1. The lowest BCUT2D eigenvalue weighted by atomic mass is 9.89. The SMILES string of the molecule is CN(C)C(=O)N1C[C@H]2CN(CC3CCCCC3)C[C@H]2[C@@H]1c1cccc(F)c1. The average Bonchev–Trinajstić information content (AvgIpc) is 3.18. The zero-order valence-electron chi connectivity index (χ0n) is 16.6. The topological polar surface area (TPSA) is 26.8 Å². The Morgan fingerprint density at radius 2 is 1.93 bits per heavy atom. The summed E-state index contributed by atoms with van der Waals surface area (Å²) in [6, 6.07) is 6.88. The number of nitrogens with zero attached hydrogens (tertiary/aromatic N) is 3. The Bertz CT molecular complexity index is 673. The largest absolute Gasteiger partial charge is 0.331 e. The Labute approximate surface area is 162 Å². The van der Waals surface area contributed by atoms with Gasteiger partial charge in [0.1, 0.15) is 5.82 Å². The minimum absolute atomic E-state index is 0.0167. The van der Waals surface area contributed by atoms with Crippen molar-refractivity contribution in [2.45, 2.75) is 38.1 Å². The summed E-state index contributed by atoms with van der Waals surface area (Å²) < 4.78 is 13.9. The van der Waals surface area contributed by atoms with Gasteiger partial charge in [0, 0.05) is 46.2 Å². The number of urea groups is 1. The van der Waals surface area contributed by atoms with Crippen LogP contribution in [-0.2, 0) is 0 Å². The molecule has 3 aliphatic rings. The molecule has 1 aromatic rings. The van der Waals surface area contributed by atoms with Gasteiger partial charge in [-0.2, -0.15) is 0 Å². The molecule has 148 valence electrons. The van der Waals surface area contributed by atoms with Gasteiger partial charge in [0.25, 0.3) is 0 Å². The molecule has 0 radical (unpaired) electrons. The van der Waals surface area contributed by atoms with Gasteiger partial charge in [-0.25, -0.2) is 9.18 Å². The number of rotatable bonds is 3. The van der Waals surface area contributed by atoms with E-state index in [0.29, 0.717) is 11.8 Å². The molecule has 1 aliphatic carbocycles. The van der Waals surface area contributed by atoms with Crippen molar-refractivity contribution in [1.29, 1.82) is 0 Å². The highest BCUT2D eigenvalue weighted by molar-refractivity contribution is 5.75.